The van der Waals surface area contributed by atoms with Crippen LogP contribution in [0.25, 0.3) is 0 Å². The van der Waals surface area contributed by atoms with E-state index in [0.29, 0.717) is 0 Å². The maximum atomic E-state index is 11.3. The highest BCUT2D eigenvalue weighted by Crippen LogP contribution is 1.92. The summed E-state index contributed by atoms with van der Waals surface area (Å²) in [7, 11) is -0.301. The number of nitrogens with one attached hydrogen (secondary N) is 1. The van der Waals surface area contributed by atoms with Crippen LogP contribution in [-0.4, -0.2) is 51.7 Å². The van der Waals surface area contributed by atoms with Gasteiger partial charge in [-0.1, -0.05) is 0 Å². The van der Waals surface area contributed by atoms with Crippen LogP contribution in [0, 0.1) is 0 Å². The number of rotatable bonds is 5. The zero-order valence-electron chi connectivity index (χ0n) is 8.65. The van der Waals surface area contributed by atoms with Gasteiger partial charge in [0.15, 0.2) is 0 Å². The van der Waals surface area contributed by atoms with E-state index in [-0.39, 0.29) is 18.2 Å². The van der Waals surface area contributed by atoms with Gasteiger partial charge >= 0.3 is 0 Å². The Labute approximate surface area is 84.5 Å². The molecule has 0 radical (unpaired) electrons. The second-order valence-corrected chi connectivity index (χ2v) is 5.05. The zero-order chi connectivity index (χ0) is 11.4. The van der Waals surface area contributed by atoms with Crippen LogP contribution in [0.1, 0.15) is 6.92 Å². The molecule has 0 aliphatic carbocycles. The van der Waals surface area contributed by atoms with Gasteiger partial charge in [-0.2, -0.15) is 0 Å². The number of nitrogens with zero attached hydrogens (tertiary/aromatic N) is 1. The summed E-state index contributed by atoms with van der Waals surface area (Å²) in [5.74, 6) is -0.455. The number of hydrogen-bond donors (Lipinski definition) is 2. The van der Waals surface area contributed by atoms with Gasteiger partial charge in [-0.05, 0) is 6.92 Å². The van der Waals surface area contributed by atoms with Crippen LogP contribution in [0.3, 0.4) is 0 Å². The van der Waals surface area contributed by atoms with E-state index in [1.54, 1.807) is 14.1 Å². The highest BCUT2D eigenvalue weighted by Gasteiger charge is 2.20. The Balaban J connectivity index is 4.32. The Morgan fingerprint density at radius 1 is 1.50 bits per heavy atom. The molecule has 6 nitrogen and oxygen atoms in total. The molecule has 3 N–H and O–H groups in total. The van der Waals surface area contributed by atoms with Crippen molar-refractivity contribution in [2.24, 2.45) is 5.73 Å². The maximum absolute atomic E-state index is 11.3. The number of carbonyl (C=O) groups excluding carboxylic acids is 1. The first-order valence-corrected chi connectivity index (χ1v) is 5.86. The minimum absolute atomic E-state index is 0.0399. The number of carbonyl (C=O) groups is 1. The number of amides is 1. The van der Waals surface area contributed by atoms with E-state index in [1.807, 2.05) is 0 Å². The standard InChI is InChI=1S/C7H17N3O3S/c1-6(7(11)10(2)3)9-14(12,13)5-4-8/h6,9H,4-5,8H2,1-3H3. The van der Waals surface area contributed by atoms with Crippen molar-refractivity contribution < 1.29 is 13.2 Å². The summed E-state index contributed by atoms with van der Waals surface area (Å²) in [6, 6.07) is -0.749. The SMILES string of the molecule is CC(NS(=O)(=O)CCN)C(=O)N(C)C. The Bertz CT molecular complexity index is 287. The van der Waals surface area contributed by atoms with Crippen LogP contribution in [0.15, 0.2) is 0 Å². The molecular weight excluding hydrogens is 206 g/mol. The molecule has 0 aromatic heterocycles. The van der Waals surface area contributed by atoms with Crippen LogP contribution in [0.2, 0.25) is 0 Å². The Kier molecular flexibility index (Phi) is 5.03. The number of likely N-dealkylation sites (N-methyl/N-ethyl adjacent to an activating group) is 1. The average molecular weight is 223 g/mol. The third-order valence-electron chi connectivity index (χ3n) is 1.55. The monoisotopic (exact) mass is 223 g/mol. The van der Waals surface area contributed by atoms with Gasteiger partial charge < -0.3 is 10.6 Å². The minimum atomic E-state index is -3.43. The molecule has 0 aliphatic heterocycles. The van der Waals surface area contributed by atoms with E-state index >= 15 is 0 Å². The molecule has 0 aromatic rings. The van der Waals surface area contributed by atoms with Crippen molar-refractivity contribution in [3.05, 3.63) is 0 Å². The first-order chi connectivity index (χ1) is 6.30. The van der Waals surface area contributed by atoms with Gasteiger partial charge in [-0.15, -0.1) is 0 Å². The summed E-state index contributed by atoms with van der Waals surface area (Å²) in [5, 5.41) is 0. The van der Waals surface area contributed by atoms with Gasteiger partial charge in [0.05, 0.1) is 11.8 Å². The molecule has 0 saturated heterocycles. The molecule has 0 heterocycles. The van der Waals surface area contributed by atoms with E-state index in [2.05, 4.69) is 4.72 Å². The summed E-state index contributed by atoms with van der Waals surface area (Å²) in [4.78, 5) is 12.6. The lowest BCUT2D eigenvalue weighted by molar-refractivity contribution is -0.130. The molecule has 0 bridgehead atoms. The van der Waals surface area contributed by atoms with Crippen molar-refractivity contribution in [1.29, 1.82) is 0 Å². The van der Waals surface area contributed by atoms with Crippen LogP contribution in [-0.2, 0) is 14.8 Å². The summed E-state index contributed by atoms with van der Waals surface area (Å²) < 4.78 is 24.7. The van der Waals surface area contributed by atoms with E-state index in [4.69, 9.17) is 5.73 Å². The van der Waals surface area contributed by atoms with E-state index < -0.39 is 16.1 Å². The predicted molar refractivity (Wildman–Crippen MR) is 54.1 cm³/mol. The molecule has 0 fully saturated rings. The highest BCUT2D eigenvalue weighted by molar-refractivity contribution is 7.89. The molecule has 0 saturated carbocycles. The topological polar surface area (TPSA) is 92.5 Å². The Morgan fingerprint density at radius 3 is 2.36 bits per heavy atom. The van der Waals surface area contributed by atoms with Gasteiger partial charge in [-0.3, -0.25) is 4.79 Å². The normalized spacial score (nSPS) is 13.7. The van der Waals surface area contributed by atoms with Crippen molar-refractivity contribution in [3.63, 3.8) is 0 Å². The van der Waals surface area contributed by atoms with Crippen LogP contribution in [0.4, 0.5) is 0 Å². The van der Waals surface area contributed by atoms with Crippen molar-refractivity contribution in [3.8, 4) is 0 Å². The highest BCUT2D eigenvalue weighted by atomic mass is 32.2. The van der Waals surface area contributed by atoms with Crippen molar-refractivity contribution in [1.82, 2.24) is 9.62 Å². The van der Waals surface area contributed by atoms with E-state index in [0.717, 1.165) is 0 Å². The lowest BCUT2D eigenvalue weighted by Crippen LogP contribution is -2.45. The fraction of sp³-hybridized carbons (Fsp3) is 0.857. The van der Waals surface area contributed by atoms with Crippen molar-refractivity contribution in [2.75, 3.05) is 26.4 Å². The fourth-order valence-electron chi connectivity index (χ4n) is 0.921. The molecule has 0 aromatic carbocycles. The molecular formula is C7H17N3O3S. The van der Waals surface area contributed by atoms with Gasteiger partial charge in [0.1, 0.15) is 0 Å². The van der Waals surface area contributed by atoms with E-state index in [9.17, 15) is 13.2 Å². The van der Waals surface area contributed by atoms with Crippen LogP contribution >= 0.6 is 0 Å². The third-order valence-corrected chi connectivity index (χ3v) is 3.04. The summed E-state index contributed by atoms with van der Waals surface area (Å²) in [6.07, 6.45) is 0. The van der Waals surface area contributed by atoms with Crippen molar-refractivity contribution >= 4 is 15.9 Å². The van der Waals surface area contributed by atoms with Crippen LogP contribution in [0.5, 0.6) is 0 Å². The number of hydrogen-bond acceptors (Lipinski definition) is 4. The Hall–Kier alpha value is -0.660. The smallest absolute Gasteiger partial charge is 0.239 e. The number of nitrogens with two attached hydrogens (primary N) is 1. The summed E-state index contributed by atoms with van der Waals surface area (Å²) in [6.45, 7) is 1.54. The molecule has 14 heavy (non-hydrogen) atoms. The van der Waals surface area contributed by atoms with Gasteiger partial charge in [0.25, 0.3) is 0 Å². The average Bonchev–Trinajstić information content (AvgIpc) is 2.01. The molecule has 1 unspecified atom stereocenters. The molecule has 1 amide bonds. The molecule has 1 atom stereocenters. The predicted octanol–water partition coefficient (Wildman–Crippen LogP) is -1.66. The van der Waals surface area contributed by atoms with Crippen molar-refractivity contribution in [2.45, 2.75) is 13.0 Å². The lowest BCUT2D eigenvalue weighted by atomic mass is 10.3. The number of sulfonamides is 1. The molecule has 0 rings (SSSR count). The largest absolute Gasteiger partial charge is 0.347 e. The minimum Gasteiger partial charge on any atom is -0.347 e. The molecule has 7 heteroatoms. The molecule has 0 spiro atoms. The van der Waals surface area contributed by atoms with Crippen LogP contribution < -0.4 is 10.5 Å². The van der Waals surface area contributed by atoms with Gasteiger partial charge in [0.2, 0.25) is 15.9 Å². The molecule has 0 aliphatic rings. The zero-order valence-corrected chi connectivity index (χ0v) is 9.47. The fourth-order valence-corrected chi connectivity index (χ4v) is 1.99. The second-order valence-electron chi connectivity index (χ2n) is 3.18. The second kappa shape index (κ2) is 5.28. The van der Waals surface area contributed by atoms with E-state index in [1.165, 1.54) is 11.8 Å². The first-order valence-electron chi connectivity index (χ1n) is 4.21. The Morgan fingerprint density at radius 2 is 2.00 bits per heavy atom. The maximum Gasteiger partial charge on any atom is 0.239 e. The summed E-state index contributed by atoms with van der Waals surface area (Å²) >= 11 is 0. The quantitative estimate of drug-likeness (QED) is 0.583. The molecule has 84 valence electrons. The van der Waals surface area contributed by atoms with Gasteiger partial charge in [-0.25, -0.2) is 13.1 Å². The first kappa shape index (κ1) is 13.3. The van der Waals surface area contributed by atoms with Gasteiger partial charge in [0, 0.05) is 20.6 Å². The lowest BCUT2D eigenvalue weighted by Gasteiger charge is -2.17. The third kappa shape index (κ3) is 4.54. The summed E-state index contributed by atoms with van der Waals surface area (Å²) in [5.41, 5.74) is 5.11.